The van der Waals surface area contributed by atoms with Gasteiger partial charge in [0.1, 0.15) is 0 Å². The van der Waals surface area contributed by atoms with Gasteiger partial charge in [-0.2, -0.15) is 0 Å². The van der Waals surface area contributed by atoms with Crippen LogP contribution in [0.1, 0.15) is 11.3 Å². The lowest BCUT2D eigenvalue weighted by molar-refractivity contribution is 1.14. The summed E-state index contributed by atoms with van der Waals surface area (Å²) >= 11 is 11.7. The molecule has 0 aliphatic heterocycles. The number of alkyl halides is 1. The first-order chi connectivity index (χ1) is 7.70. The fourth-order valence-electron chi connectivity index (χ4n) is 1.51. The average Bonchev–Trinajstić information content (AvgIpc) is 2.31. The molecular weight excluding hydrogens is 241 g/mol. The minimum atomic E-state index is 0.486. The molecule has 3 heteroatoms. The highest BCUT2D eigenvalue weighted by Crippen LogP contribution is 2.23. The molecule has 0 saturated heterocycles. The van der Waals surface area contributed by atoms with E-state index in [0.29, 0.717) is 5.88 Å². The molecule has 0 saturated carbocycles. The molecule has 1 heterocycles. The monoisotopic (exact) mass is 251 g/mol. The van der Waals surface area contributed by atoms with E-state index in [-0.39, 0.29) is 0 Å². The molecule has 0 N–H and O–H groups in total. The number of benzene rings is 1. The Balaban J connectivity index is 2.44. The van der Waals surface area contributed by atoms with E-state index in [1.165, 1.54) is 0 Å². The highest BCUT2D eigenvalue weighted by molar-refractivity contribution is 6.30. The van der Waals surface area contributed by atoms with Crippen molar-refractivity contribution in [3.63, 3.8) is 0 Å². The molecular formula is C13H11Cl2N. The Morgan fingerprint density at radius 1 is 1.12 bits per heavy atom. The van der Waals surface area contributed by atoms with Gasteiger partial charge in [-0.1, -0.05) is 23.7 Å². The quantitative estimate of drug-likeness (QED) is 0.719. The number of rotatable bonds is 2. The van der Waals surface area contributed by atoms with Gasteiger partial charge in [0.2, 0.25) is 0 Å². The zero-order valence-corrected chi connectivity index (χ0v) is 10.4. The summed E-state index contributed by atoms with van der Waals surface area (Å²) in [7, 11) is 0. The number of aromatic nitrogens is 1. The van der Waals surface area contributed by atoms with Crippen LogP contribution in [-0.4, -0.2) is 4.98 Å². The lowest BCUT2D eigenvalue weighted by Crippen LogP contribution is -1.90. The van der Waals surface area contributed by atoms with Gasteiger partial charge in [-0.05, 0) is 36.2 Å². The Hall–Kier alpha value is -1.05. The van der Waals surface area contributed by atoms with Crippen molar-refractivity contribution in [3.05, 3.63) is 52.8 Å². The van der Waals surface area contributed by atoms with E-state index in [1.54, 1.807) is 0 Å². The van der Waals surface area contributed by atoms with Crippen LogP contribution in [0.3, 0.4) is 0 Å². The van der Waals surface area contributed by atoms with Crippen molar-refractivity contribution in [3.8, 4) is 11.1 Å². The molecule has 2 aromatic rings. The van der Waals surface area contributed by atoms with Gasteiger partial charge in [0, 0.05) is 28.4 Å². The highest BCUT2D eigenvalue weighted by Gasteiger charge is 2.03. The molecule has 2 rings (SSSR count). The van der Waals surface area contributed by atoms with Crippen LogP contribution >= 0.6 is 23.2 Å². The number of hydrogen-bond acceptors (Lipinski definition) is 1. The minimum absolute atomic E-state index is 0.486. The summed E-state index contributed by atoms with van der Waals surface area (Å²) in [4.78, 5) is 4.33. The van der Waals surface area contributed by atoms with Crippen molar-refractivity contribution in [1.29, 1.82) is 0 Å². The summed E-state index contributed by atoms with van der Waals surface area (Å²) < 4.78 is 0. The smallest absolute Gasteiger partial charge is 0.0492 e. The largest absolute Gasteiger partial charge is 0.261 e. The molecule has 0 aliphatic rings. The molecule has 0 unspecified atom stereocenters. The van der Waals surface area contributed by atoms with Gasteiger partial charge in [0.15, 0.2) is 0 Å². The predicted octanol–water partition coefficient (Wildman–Crippen LogP) is 4.45. The zero-order valence-electron chi connectivity index (χ0n) is 8.87. The van der Waals surface area contributed by atoms with Crippen LogP contribution in [0.15, 0.2) is 36.5 Å². The van der Waals surface area contributed by atoms with Gasteiger partial charge in [-0.15, -0.1) is 11.6 Å². The Morgan fingerprint density at radius 3 is 2.44 bits per heavy atom. The fraction of sp³-hybridized carbons (Fsp3) is 0.154. The molecule has 0 bridgehead atoms. The third kappa shape index (κ3) is 2.37. The van der Waals surface area contributed by atoms with Crippen molar-refractivity contribution in [1.82, 2.24) is 4.98 Å². The average molecular weight is 252 g/mol. The topological polar surface area (TPSA) is 12.9 Å². The van der Waals surface area contributed by atoms with Gasteiger partial charge >= 0.3 is 0 Å². The lowest BCUT2D eigenvalue weighted by Gasteiger charge is -2.06. The van der Waals surface area contributed by atoms with E-state index < -0.39 is 0 Å². The molecule has 0 aliphatic carbocycles. The minimum Gasteiger partial charge on any atom is -0.261 e. The van der Waals surface area contributed by atoms with Crippen molar-refractivity contribution in [2.45, 2.75) is 12.8 Å². The second-order valence-corrected chi connectivity index (χ2v) is 4.31. The van der Waals surface area contributed by atoms with Crippen LogP contribution in [-0.2, 0) is 5.88 Å². The molecule has 0 fully saturated rings. The van der Waals surface area contributed by atoms with E-state index in [1.807, 2.05) is 37.4 Å². The molecule has 16 heavy (non-hydrogen) atoms. The maximum atomic E-state index is 5.86. The fourth-order valence-corrected chi connectivity index (χ4v) is 1.91. The van der Waals surface area contributed by atoms with E-state index in [9.17, 15) is 0 Å². The molecule has 1 nitrogen and oxygen atoms in total. The first-order valence-electron chi connectivity index (χ1n) is 4.98. The molecule has 0 atom stereocenters. The van der Waals surface area contributed by atoms with Crippen LogP contribution in [0, 0.1) is 6.92 Å². The van der Waals surface area contributed by atoms with E-state index in [2.05, 4.69) is 11.1 Å². The van der Waals surface area contributed by atoms with Gasteiger partial charge < -0.3 is 0 Å². The van der Waals surface area contributed by atoms with Crippen LogP contribution in [0.25, 0.3) is 11.1 Å². The highest BCUT2D eigenvalue weighted by atomic mass is 35.5. The third-order valence-electron chi connectivity index (χ3n) is 2.51. The molecule has 0 amide bonds. The summed E-state index contributed by atoms with van der Waals surface area (Å²) in [6, 6.07) is 9.77. The third-order valence-corrected chi connectivity index (χ3v) is 3.05. The predicted molar refractivity (Wildman–Crippen MR) is 69.0 cm³/mol. The number of halogens is 2. The maximum Gasteiger partial charge on any atom is 0.0492 e. The first-order valence-corrected chi connectivity index (χ1v) is 5.89. The van der Waals surface area contributed by atoms with Crippen LogP contribution in [0.4, 0.5) is 0 Å². The Labute approximate surface area is 105 Å². The summed E-state index contributed by atoms with van der Waals surface area (Å²) in [6.45, 7) is 1.96. The Kier molecular flexibility index (Phi) is 3.47. The molecule has 1 aromatic carbocycles. The Morgan fingerprint density at radius 2 is 1.81 bits per heavy atom. The normalized spacial score (nSPS) is 10.4. The van der Waals surface area contributed by atoms with Gasteiger partial charge in [-0.25, -0.2) is 0 Å². The van der Waals surface area contributed by atoms with Gasteiger partial charge in [0.05, 0.1) is 0 Å². The van der Waals surface area contributed by atoms with Gasteiger partial charge in [-0.3, -0.25) is 4.98 Å². The standard InChI is InChI=1S/C13H11Cl2N/c1-9-11(7-14)6-12(8-16-9)10-2-4-13(15)5-3-10/h2-6,8H,7H2,1H3. The molecule has 82 valence electrons. The molecule has 0 radical (unpaired) electrons. The summed E-state index contributed by atoms with van der Waals surface area (Å²) in [5.41, 5.74) is 4.21. The number of pyridine rings is 1. The number of aryl methyl sites for hydroxylation is 1. The van der Waals surface area contributed by atoms with Crippen molar-refractivity contribution in [2.75, 3.05) is 0 Å². The molecule has 1 aromatic heterocycles. The zero-order chi connectivity index (χ0) is 11.5. The van der Waals surface area contributed by atoms with E-state index in [4.69, 9.17) is 23.2 Å². The summed E-state index contributed by atoms with van der Waals surface area (Å²) in [5, 5.41) is 0.737. The second-order valence-electron chi connectivity index (χ2n) is 3.61. The maximum absolute atomic E-state index is 5.86. The van der Waals surface area contributed by atoms with Crippen LogP contribution in [0.2, 0.25) is 5.02 Å². The second kappa shape index (κ2) is 4.86. The van der Waals surface area contributed by atoms with Gasteiger partial charge in [0.25, 0.3) is 0 Å². The molecule has 0 spiro atoms. The summed E-state index contributed by atoms with van der Waals surface area (Å²) in [6.07, 6.45) is 1.86. The lowest BCUT2D eigenvalue weighted by atomic mass is 10.1. The summed E-state index contributed by atoms with van der Waals surface area (Å²) in [5.74, 6) is 0.486. The van der Waals surface area contributed by atoms with Crippen molar-refractivity contribution < 1.29 is 0 Å². The first kappa shape index (κ1) is 11.4. The van der Waals surface area contributed by atoms with E-state index in [0.717, 1.165) is 27.4 Å². The van der Waals surface area contributed by atoms with Crippen LogP contribution in [0.5, 0.6) is 0 Å². The van der Waals surface area contributed by atoms with E-state index >= 15 is 0 Å². The van der Waals surface area contributed by atoms with Crippen LogP contribution < -0.4 is 0 Å². The number of nitrogens with zero attached hydrogens (tertiary/aromatic N) is 1. The van der Waals surface area contributed by atoms with Crippen molar-refractivity contribution >= 4 is 23.2 Å². The number of hydrogen-bond donors (Lipinski definition) is 0. The van der Waals surface area contributed by atoms with Crippen molar-refractivity contribution in [2.24, 2.45) is 0 Å². The SMILES string of the molecule is Cc1ncc(-c2ccc(Cl)cc2)cc1CCl. The Bertz CT molecular complexity index is 492.